The molecular weight excluding hydrogens is 517 g/mol. The predicted molar refractivity (Wildman–Crippen MR) is 126 cm³/mol. The number of nitrogens with zero attached hydrogens (tertiary/aromatic N) is 6. The quantitative estimate of drug-likeness (QED) is 0.286. The number of likely N-dealkylation sites (tertiary alicyclic amines) is 1. The topological polar surface area (TPSA) is 156 Å². The van der Waals surface area contributed by atoms with Crippen molar-refractivity contribution in [3.8, 4) is 0 Å². The van der Waals surface area contributed by atoms with E-state index < -0.39 is 12.0 Å². The van der Waals surface area contributed by atoms with Crippen molar-refractivity contribution < 1.29 is 19.5 Å². The van der Waals surface area contributed by atoms with E-state index in [0.717, 1.165) is 9.35 Å². The number of carboxylic acids is 1. The molecule has 2 saturated heterocycles. The fourth-order valence-electron chi connectivity index (χ4n) is 4.39. The normalized spacial score (nSPS) is 23.3. The number of hydrogen-bond donors (Lipinski definition) is 2. The van der Waals surface area contributed by atoms with Crippen LogP contribution in [0.3, 0.4) is 0 Å². The Hall–Kier alpha value is -1.23. The van der Waals surface area contributed by atoms with E-state index in [1.165, 1.54) is 51.1 Å². The van der Waals surface area contributed by atoms with Crippen molar-refractivity contribution in [3.63, 3.8) is 0 Å². The number of rotatable bonds is 7. The van der Waals surface area contributed by atoms with Crippen LogP contribution in [0.5, 0.6) is 0 Å². The number of carbonyl (C=O) groups is 3. The molecule has 2 fully saturated rings. The molecule has 16 heteroatoms. The van der Waals surface area contributed by atoms with Gasteiger partial charge in [-0.2, -0.15) is 0 Å². The molecule has 11 nitrogen and oxygen atoms in total. The Balaban J connectivity index is 0.00000259. The molecule has 2 aromatic heterocycles. The van der Waals surface area contributed by atoms with Crippen molar-refractivity contribution in [2.45, 2.75) is 34.1 Å². The maximum atomic E-state index is 12.9. The van der Waals surface area contributed by atoms with Gasteiger partial charge in [0.1, 0.15) is 16.7 Å². The van der Waals surface area contributed by atoms with Gasteiger partial charge in [-0.3, -0.25) is 14.5 Å². The molecule has 0 radical (unpaired) electrons. The summed E-state index contributed by atoms with van der Waals surface area (Å²) in [6.45, 7) is 2.28. The molecule has 0 aromatic carbocycles. The number of carboxylic acid groups (broad SMARTS) is 1. The first-order chi connectivity index (χ1) is 15.3. The molecule has 3 aliphatic heterocycles. The molecule has 33 heavy (non-hydrogen) atoms. The summed E-state index contributed by atoms with van der Waals surface area (Å²) in [5.74, 6) is -1.07. The Morgan fingerprint density at radius 3 is 2.55 bits per heavy atom. The van der Waals surface area contributed by atoms with Crippen molar-refractivity contribution in [1.82, 2.24) is 30.2 Å². The molecule has 5 rings (SSSR count). The number of hydrogen-bond acceptors (Lipinski definition) is 12. The average Bonchev–Trinajstić information content (AvgIpc) is 3.45. The van der Waals surface area contributed by atoms with Crippen LogP contribution < -0.4 is 5.73 Å². The van der Waals surface area contributed by atoms with Crippen LogP contribution in [0.1, 0.15) is 11.4 Å². The van der Waals surface area contributed by atoms with Crippen LogP contribution in [0.25, 0.3) is 0 Å². The maximum absolute atomic E-state index is 12.9. The second-order valence-corrected chi connectivity index (χ2v) is 12.1. The van der Waals surface area contributed by atoms with Gasteiger partial charge < -0.3 is 15.7 Å². The number of aromatic nitrogens is 4. The monoisotopic (exact) mass is 535 g/mol. The van der Waals surface area contributed by atoms with Crippen LogP contribution in [-0.2, 0) is 14.4 Å². The predicted octanol–water partition coefficient (Wildman–Crippen LogP) is 0.296. The zero-order chi connectivity index (χ0) is 22.6. The van der Waals surface area contributed by atoms with E-state index in [1.807, 2.05) is 6.92 Å². The van der Waals surface area contributed by atoms with Crippen LogP contribution in [0.2, 0.25) is 0 Å². The molecule has 2 amide bonds. The number of nitrogens with two attached hydrogens (primary N) is 1. The van der Waals surface area contributed by atoms with Crippen LogP contribution in [0, 0.1) is 12.8 Å². The fraction of sp³-hybridized carbons (Fsp3) is 0.471. The number of aliphatic carboxylic acids is 1. The van der Waals surface area contributed by atoms with E-state index in [-0.39, 0.29) is 64.8 Å². The molecule has 3 atom stereocenters. The SMILES string of the molecule is Cc1nnc(SCC2=C(C(=O)O)N3C(=O)[C@@H]4[C@H]3[C@H](C2)CN4C(=O)CSc2nnc(N)s2)s1.[NaH]. The molecule has 170 valence electrons. The third-order valence-corrected chi connectivity index (χ3v) is 9.52. The minimum atomic E-state index is -1.12. The Kier molecular flexibility index (Phi) is 7.38. The van der Waals surface area contributed by atoms with Gasteiger partial charge in [-0.25, -0.2) is 4.79 Å². The van der Waals surface area contributed by atoms with Gasteiger partial charge in [-0.15, -0.1) is 20.4 Å². The Labute approximate surface area is 226 Å². The van der Waals surface area contributed by atoms with Gasteiger partial charge >= 0.3 is 35.5 Å². The summed E-state index contributed by atoms with van der Waals surface area (Å²) in [5, 5.41) is 26.7. The Morgan fingerprint density at radius 1 is 1.18 bits per heavy atom. The van der Waals surface area contributed by atoms with E-state index >= 15 is 0 Å². The van der Waals surface area contributed by atoms with Gasteiger partial charge in [0.05, 0.1) is 11.8 Å². The number of nitrogen functional groups attached to an aromatic ring is 1. The van der Waals surface area contributed by atoms with Crippen LogP contribution in [0.15, 0.2) is 19.9 Å². The van der Waals surface area contributed by atoms with Gasteiger partial charge in [0, 0.05) is 18.2 Å². The van der Waals surface area contributed by atoms with E-state index in [9.17, 15) is 19.5 Å². The molecule has 5 heterocycles. The van der Waals surface area contributed by atoms with E-state index in [2.05, 4.69) is 20.4 Å². The summed E-state index contributed by atoms with van der Waals surface area (Å²) in [6.07, 6.45) is 0.529. The van der Waals surface area contributed by atoms with Crippen molar-refractivity contribution in [3.05, 3.63) is 16.3 Å². The van der Waals surface area contributed by atoms with E-state index in [4.69, 9.17) is 5.73 Å². The number of carbonyl (C=O) groups excluding carboxylic acids is 2. The first-order valence-electron chi connectivity index (χ1n) is 9.56. The van der Waals surface area contributed by atoms with Gasteiger partial charge in [-0.05, 0) is 18.9 Å². The number of thioether (sulfide) groups is 2. The third-order valence-electron chi connectivity index (χ3n) is 5.59. The molecule has 0 unspecified atom stereocenters. The van der Waals surface area contributed by atoms with Crippen molar-refractivity contribution in [1.29, 1.82) is 0 Å². The Morgan fingerprint density at radius 2 is 1.91 bits per heavy atom. The number of aryl methyl sites for hydroxylation is 1. The zero-order valence-electron chi connectivity index (χ0n) is 16.6. The molecule has 2 aromatic rings. The summed E-state index contributed by atoms with van der Waals surface area (Å²) >= 11 is 5.30. The average molecular weight is 536 g/mol. The second kappa shape index (κ2) is 9.79. The van der Waals surface area contributed by atoms with Gasteiger partial charge in [0.2, 0.25) is 11.0 Å². The summed E-state index contributed by atoms with van der Waals surface area (Å²) in [7, 11) is 0. The molecule has 3 N–H and O–H groups in total. The molecule has 0 spiro atoms. The second-order valence-electron chi connectivity index (χ2n) is 7.48. The van der Waals surface area contributed by atoms with Crippen LogP contribution >= 0.6 is 46.2 Å². The summed E-state index contributed by atoms with van der Waals surface area (Å²) in [4.78, 5) is 40.8. The van der Waals surface area contributed by atoms with Crippen molar-refractivity contribution in [2.75, 3.05) is 23.8 Å². The summed E-state index contributed by atoms with van der Waals surface area (Å²) < 4.78 is 1.35. The third kappa shape index (κ3) is 4.56. The van der Waals surface area contributed by atoms with E-state index in [1.54, 1.807) is 4.90 Å². The summed E-state index contributed by atoms with van der Waals surface area (Å²) in [5.41, 5.74) is 6.31. The summed E-state index contributed by atoms with van der Waals surface area (Å²) in [6, 6.07) is -0.876. The van der Waals surface area contributed by atoms with Gasteiger partial charge in [-0.1, -0.05) is 46.2 Å². The van der Waals surface area contributed by atoms with E-state index in [0.29, 0.717) is 33.8 Å². The number of β-lactam (4-membered cyclic amide) rings is 1. The first-order valence-corrected chi connectivity index (χ1v) is 13.2. The van der Waals surface area contributed by atoms with Crippen molar-refractivity contribution in [2.24, 2.45) is 5.92 Å². The standard InChI is InChI=1S/C17H17N7O4S4.Na.H/c1-6-19-21-16(31-6)29-4-8-2-7-3-23(9(25)5-30-17-22-20-15(18)32-17)12-10(7)24(13(12)26)11(8)14(27)28;;/h7,10,12H,2-5H2,1H3,(H2,18,20)(H,27,28);;/t7-,10-,12+;;/m1../s1. The molecule has 0 aliphatic carbocycles. The van der Waals surface area contributed by atoms with Gasteiger partial charge in [0.15, 0.2) is 8.68 Å². The molecule has 0 saturated carbocycles. The van der Waals surface area contributed by atoms with Gasteiger partial charge in [0.25, 0.3) is 5.91 Å². The molecular formula is C17H18N7NaO4S4. The minimum absolute atomic E-state index is 0. The fourth-order valence-corrected chi connectivity index (χ4v) is 7.76. The number of anilines is 1. The van der Waals surface area contributed by atoms with Crippen molar-refractivity contribution >= 4 is 98.7 Å². The Bertz CT molecular complexity index is 1150. The van der Waals surface area contributed by atoms with Crippen LogP contribution in [0.4, 0.5) is 5.13 Å². The molecule has 0 bridgehead atoms. The van der Waals surface area contributed by atoms with Crippen LogP contribution in [-0.4, -0.2) is 113 Å². The molecule has 3 aliphatic rings. The first kappa shape index (κ1) is 24.9. The zero-order valence-corrected chi connectivity index (χ0v) is 19.9. The number of amides is 2.